The molecule has 0 saturated carbocycles. The van der Waals surface area contributed by atoms with Crippen LogP contribution in [0.2, 0.25) is 0 Å². The van der Waals surface area contributed by atoms with E-state index in [9.17, 15) is 22.0 Å². The van der Waals surface area contributed by atoms with E-state index in [-0.39, 0.29) is 0 Å². The molecule has 12 heavy (non-hydrogen) atoms. The van der Waals surface area contributed by atoms with Crippen molar-refractivity contribution in [3.8, 4) is 0 Å². The summed E-state index contributed by atoms with van der Waals surface area (Å²) in [5.74, 6) is 0. The SMILES string of the molecule is C=COC(CC(F)F)C(F)(F)F. The summed E-state index contributed by atoms with van der Waals surface area (Å²) < 4.78 is 62.2. The number of ether oxygens (including phenoxy) is 1. The Hall–Kier alpha value is -0.810. The van der Waals surface area contributed by atoms with Crippen LogP contribution in [0.15, 0.2) is 12.8 Å². The lowest BCUT2D eigenvalue weighted by Gasteiger charge is -2.18. The van der Waals surface area contributed by atoms with Gasteiger partial charge in [0.05, 0.1) is 12.7 Å². The number of halogens is 5. The van der Waals surface area contributed by atoms with Gasteiger partial charge < -0.3 is 4.74 Å². The van der Waals surface area contributed by atoms with E-state index in [4.69, 9.17) is 0 Å². The van der Waals surface area contributed by atoms with E-state index < -0.39 is 25.1 Å². The fourth-order valence-electron chi connectivity index (χ4n) is 0.544. The Morgan fingerprint density at radius 3 is 2.08 bits per heavy atom. The summed E-state index contributed by atoms with van der Waals surface area (Å²) in [6.07, 6.45) is -11.1. The van der Waals surface area contributed by atoms with E-state index in [1.54, 1.807) is 0 Å². The third-order valence-electron chi connectivity index (χ3n) is 1.02. The Labute approximate surface area is 65.8 Å². The fraction of sp³-hybridized carbons (Fsp3) is 0.667. The maximum absolute atomic E-state index is 11.8. The Morgan fingerprint density at radius 2 is 1.83 bits per heavy atom. The second-order valence-corrected chi connectivity index (χ2v) is 1.96. The van der Waals surface area contributed by atoms with Crippen LogP contribution in [0, 0.1) is 0 Å². The van der Waals surface area contributed by atoms with Crippen molar-refractivity contribution in [3.63, 3.8) is 0 Å². The Kier molecular flexibility index (Phi) is 3.99. The van der Waals surface area contributed by atoms with E-state index in [2.05, 4.69) is 11.3 Å². The molecule has 0 aromatic rings. The van der Waals surface area contributed by atoms with E-state index >= 15 is 0 Å². The smallest absolute Gasteiger partial charge is 0.425 e. The Morgan fingerprint density at radius 1 is 1.33 bits per heavy atom. The maximum Gasteiger partial charge on any atom is 0.425 e. The number of rotatable bonds is 4. The van der Waals surface area contributed by atoms with E-state index in [0.29, 0.717) is 6.26 Å². The van der Waals surface area contributed by atoms with Gasteiger partial charge in [-0.25, -0.2) is 8.78 Å². The molecule has 1 unspecified atom stereocenters. The Balaban J connectivity index is 4.13. The molecule has 0 bridgehead atoms. The van der Waals surface area contributed by atoms with Crippen molar-refractivity contribution in [2.75, 3.05) is 0 Å². The molecule has 0 radical (unpaired) electrons. The lowest BCUT2D eigenvalue weighted by molar-refractivity contribution is -0.214. The standard InChI is InChI=1S/C6H7F5O/c1-2-12-4(3-5(7)8)6(9,10)11/h2,4-5H,1,3H2. The molecule has 0 aromatic heterocycles. The van der Waals surface area contributed by atoms with Crippen molar-refractivity contribution in [1.82, 2.24) is 0 Å². The molecular weight excluding hydrogens is 183 g/mol. The van der Waals surface area contributed by atoms with Crippen LogP contribution < -0.4 is 0 Å². The average molecular weight is 190 g/mol. The fourth-order valence-corrected chi connectivity index (χ4v) is 0.544. The summed E-state index contributed by atoms with van der Waals surface area (Å²) in [7, 11) is 0. The van der Waals surface area contributed by atoms with Crippen LogP contribution in [0.3, 0.4) is 0 Å². The summed E-state index contributed by atoms with van der Waals surface area (Å²) in [5.41, 5.74) is 0. The normalized spacial score (nSPS) is 14.5. The minimum Gasteiger partial charge on any atom is -0.489 e. The van der Waals surface area contributed by atoms with Gasteiger partial charge in [0.2, 0.25) is 6.43 Å². The molecule has 0 saturated heterocycles. The number of alkyl halides is 5. The van der Waals surface area contributed by atoms with Gasteiger partial charge in [-0.3, -0.25) is 0 Å². The third kappa shape index (κ3) is 4.15. The summed E-state index contributed by atoms with van der Waals surface area (Å²) >= 11 is 0. The van der Waals surface area contributed by atoms with Crippen molar-refractivity contribution in [1.29, 1.82) is 0 Å². The molecule has 72 valence electrons. The van der Waals surface area contributed by atoms with Crippen LogP contribution in [0.5, 0.6) is 0 Å². The molecule has 1 nitrogen and oxygen atoms in total. The third-order valence-corrected chi connectivity index (χ3v) is 1.02. The average Bonchev–Trinajstić information content (AvgIpc) is 1.83. The summed E-state index contributed by atoms with van der Waals surface area (Å²) in [6, 6.07) is 0. The molecule has 1 atom stereocenters. The predicted molar refractivity (Wildman–Crippen MR) is 31.7 cm³/mol. The number of hydrogen-bond donors (Lipinski definition) is 0. The van der Waals surface area contributed by atoms with Gasteiger partial charge in [-0.15, -0.1) is 0 Å². The van der Waals surface area contributed by atoms with Gasteiger partial charge in [0.15, 0.2) is 6.10 Å². The molecule has 0 aliphatic carbocycles. The van der Waals surface area contributed by atoms with E-state index in [0.717, 1.165) is 0 Å². The first-order valence-corrected chi connectivity index (χ1v) is 2.99. The van der Waals surface area contributed by atoms with Crippen molar-refractivity contribution in [2.45, 2.75) is 25.1 Å². The van der Waals surface area contributed by atoms with Gasteiger partial charge in [0.25, 0.3) is 0 Å². The van der Waals surface area contributed by atoms with Gasteiger partial charge in [0.1, 0.15) is 0 Å². The lowest BCUT2D eigenvalue weighted by Crippen LogP contribution is -2.32. The molecule has 0 N–H and O–H groups in total. The van der Waals surface area contributed by atoms with Crippen molar-refractivity contribution in [3.05, 3.63) is 12.8 Å². The molecule has 0 spiro atoms. The van der Waals surface area contributed by atoms with Crippen LogP contribution in [0.25, 0.3) is 0 Å². The van der Waals surface area contributed by atoms with Gasteiger partial charge >= 0.3 is 6.18 Å². The van der Waals surface area contributed by atoms with E-state index in [1.165, 1.54) is 0 Å². The van der Waals surface area contributed by atoms with Gasteiger partial charge in [0, 0.05) is 0 Å². The summed E-state index contributed by atoms with van der Waals surface area (Å²) in [5, 5.41) is 0. The highest BCUT2D eigenvalue weighted by atomic mass is 19.4. The first-order chi connectivity index (χ1) is 5.38. The highest BCUT2D eigenvalue weighted by molar-refractivity contribution is 4.71. The molecule has 0 amide bonds. The second kappa shape index (κ2) is 4.27. The van der Waals surface area contributed by atoms with Crippen molar-refractivity contribution < 1.29 is 26.7 Å². The highest BCUT2D eigenvalue weighted by Gasteiger charge is 2.42. The Bertz CT molecular complexity index is 141. The van der Waals surface area contributed by atoms with Gasteiger partial charge in [-0.05, 0) is 0 Å². The molecule has 0 heterocycles. The van der Waals surface area contributed by atoms with Gasteiger partial charge in [-0.2, -0.15) is 13.2 Å². The van der Waals surface area contributed by atoms with Crippen LogP contribution in [0.1, 0.15) is 6.42 Å². The van der Waals surface area contributed by atoms with Crippen LogP contribution in [-0.4, -0.2) is 18.7 Å². The molecule has 0 fully saturated rings. The topological polar surface area (TPSA) is 9.23 Å². The zero-order valence-electron chi connectivity index (χ0n) is 5.94. The minimum absolute atomic E-state index is 0.501. The first kappa shape index (κ1) is 11.2. The first-order valence-electron chi connectivity index (χ1n) is 2.99. The van der Waals surface area contributed by atoms with Crippen LogP contribution in [0.4, 0.5) is 22.0 Å². The molecule has 0 rings (SSSR count). The zero-order chi connectivity index (χ0) is 9.78. The monoisotopic (exact) mass is 190 g/mol. The number of hydrogen-bond acceptors (Lipinski definition) is 1. The van der Waals surface area contributed by atoms with Crippen LogP contribution >= 0.6 is 0 Å². The largest absolute Gasteiger partial charge is 0.489 e. The van der Waals surface area contributed by atoms with Gasteiger partial charge in [-0.1, -0.05) is 6.58 Å². The molecular formula is C6H7F5O. The molecule has 0 aliphatic rings. The highest BCUT2D eigenvalue weighted by Crippen LogP contribution is 2.27. The summed E-state index contributed by atoms with van der Waals surface area (Å²) in [6.45, 7) is 2.85. The van der Waals surface area contributed by atoms with Crippen molar-refractivity contribution >= 4 is 0 Å². The predicted octanol–water partition coefficient (Wildman–Crippen LogP) is 2.73. The second-order valence-electron chi connectivity index (χ2n) is 1.96. The molecule has 0 aliphatic heterocycles. The summed E-state index contributed by atoms with van der Waals surface area (Å²) in [4.78, 5) is 0. The zero-order valence-corrected chi connectivity index (χ0v) is 5.94. The lowest BCUT2D eigenvalue weighted by atomic mass is 10.2. The minimum atomic E-state index is -4.77. The molecule has 0 aromatic carbocycles. The maximum atomic E-state index is 11.8. The van der Waals surface area contributed by atoms with Crippen LogP contribution in [-0.2, 0) is 4.74 Å². The van der Waals surface area contributed by atoms with Crippen molar-refractivity contribution in [2.24, 2.45) is 0 Å². The quantitative estimate of drug-likeness (QED) is 0.489. The molecule has 6 heteroatoms. The van der Waals surface area contributed by atoms with E-state index in [1.807, 2.05) is 0 Å².